The van der Waals surface area contributed by atoms with Gasteiger partial charge in [0.25, 0.3) is 0 Å². The van der Waals surface area contributed by atoms with Gasteiger partial charge in [-0.1, -0.05) is 13.8 Å². The highest BCUT2D eigenvalue weighted by atomic mass is 16.6. The van der Waals surface area contributed by atoms with Crippen LogP contribution in [-0.4, -0.2) is 27.5 Å². The van der Waals surface area contributed by atoms with Crippen molar-refractivity contribution >= 4 is 17.3 Å². The van der Waals surface area contributed by atoms with Crippen molar-refractivity contribution in [1.82, 2.24) is 9.97 Å². The molecular formula is C11H17N5O2. The molecule has 1 aromatic rings. The van der Waals surface area contributed by atoms with Crippen LogP contribution in [0.5, 0.6) is 0 Å². The molecule has 1 fully saturated rings. The second kappa shape index (κ2) is 4.40. The van der Waals surface area contributed by atoms with Gasteiger partial charge in [-0.15, -0.1) is 0 Å². The van der Waals surface area contributed by atoms with Gasteiger partial charge in [0.1, 0.15) is 6.33 Å². The Bertz CT molecular complexity index is 475. The van der Waals surface area contributed by atoms with Crippen LogP contribution in [0.15, 0.2) is 6.33 Å². The Morgan fingerprint density at radius 3 is 2.61 bits per heavy atom. The molecule has 0 radical (unpaired) electrons. The maximum Gasteiger partial charge on any atom is 0.353 e. The van der Waals surface area contributed by atoms with Crippen molar-refractivity contribution in [3.63, 3.8) is 0 Å². The molecule has 0 bridgehead atoms. The number of anilines is 2. The SMILES string of the molecule is CCNc1ncnc(NC2CC2(C)C)c1[N+](=O)[O-]. The van der Waals surface area contributed by atoms with Crippen LogP contribution in [0.4, 0.5) is 17.3 Å². The predicted molar refractivity (Wildman–Crippen MR) is 68.7 cm³/mol. The number of hydrogen-bond donors (Lipinski definition) is 2. The minimum absolute atomic E-state index is 0.0814. The first-order valence-electron chi connectivity index (χ1n) is 5.95. The average molecular weight is 251 g/mol. The van der Waals surface area contributed by atoms with Gasteiger partial charge in [0.2, 0.25) is 11.6 Å². The summed E-state index contributed by atoms with van der Waals surface area (Å²) in [5.41, 5.74) is 0.0963. The highest BCUT2D eigenvalue weighted by Gasteiger charge is 2.46. The molecule has 18 heavy (non-hydrogen) atoms. The van der Waals surface area contributed by atoms with Crippen molar-refractivity contribution in [3.8, 4) is 0 Å². The molecule has 1 heterocycles. The monoisotopic (exact) mass is 251 g/mol. The Labute approximate surface area is 105 Å². The van der Waals surface area contributed by atoms with Crippen LogP contribution in [0.1, 0.15) is 27.2 Å². The maximum absolute atomic E-state index is 11.1. The number of aromatic nitrogens is 2. The molecule has 7 heteroatoms. The van der Waals surface area contributed by atoms with E-state index in [0.717, 1.165) is 6.42 Å². The molecule has 0 aromatic carbocycles. The quantitative estimate of drug-likeness (QED) is 0.614. The van der Waals surface area contributed by atoms with Gasteiger partial charge in [-0.2, -0.15) is 0 Å². The Morgan fingerprint density at radius 2 is 2.11 bits per heavy atom. The van der Waals surface area contributed by atoms with Crippen LogP contribution in [0.2, 0.25) is 0 Å². The topological polar surface area (TPSA) is 93.0 Å². The second-order valence-electron chi connectivity index (χ2n) is 5.10. The van der Waals surface area contributed by atoms with Crippen LogP contribution in [0, 0.1) is 15.5 Å². The van der Waals surface area contributed by atoms with Crippen molar-refractivity contribution in [1.29, 1.82) is 0 Å². The first kappa shape index (κ1) is 12.5. The molecule has 1 aliphatic rings. The van der Waals surface area contributed by atoms with Gasteiger partial charge in [0, 0.05) is 12.6 Å². The van der Waals surface area contributed by atoms with E-state index in [0.29, 0.717) is 12.4 Å². The van der Waals surface area contributed by atoms with E-state index >= 15 is 0 Å². The van der Waals surface area contributed by atoms with Gasteiger partial charge in [0.05, 0.1) is 4.92 Å². The lowest BCUT2D eigenvalue weighted by Crippen LogP contribution is -2.13. The molecule has 1 aromatic heterocycles. The normalized spacial score (nSPS) is 20.3. The zero-order valence-electron chi connectivity index (χ0n) is 10.7. The minimum atomic E-state index is -0.449. The number of rotatable bonds is 5. The highest BCUT2D eigenvalue weighted by Crippen LogP contribution is 2.47. The summed E-state index contributed by atoms with van der Waals surface area (Å²) in [4.78, 5) is 18.6. The number of nitro groups is 1. The number of nitrogens with zero attached hydrogens (tertiary/aromatic N) is 3. The molecule has 7 nitrogen and oxygen atoms in total. The smallest absolute Gasteiger partial charge is 0.353 e. The molecule has 2 rings (SSSR count). The third-order valence-corrected chi connectivity index (χ3v) is 3.17. The standard InChI is InChI=1S/C11H17N5O2/c1-4-12-9-8(16(17)18)10(14-6-13-9)15-7-5-11(7,2)3/h6-7H,4-5H2,1-3H3,(H2,12,13,14,15). The van der Waals surface area contributed by atoms with E-state index in [1.54, 1.807) is 0 Å². The summed E-state index contributed by atoms with van der Waals surface area (Å²) in [6.45, 7) is 6.67. The van der Waals surface area contributed by atoms with E-state index in [1.807, 2.05) is 6.92 Å². The number of hydrogen-bond acceptors (Lipinski definition) is 6. The van der Waals surface area contributed by atoms with Crippen LogP contribution < -0.4 is 10.6 Å². The third kappa shape index (κ3) is 2.34. The Hall–Kier alpha value is -1.92. The molecular weight excluding hydrogens is 234 g/mol. The van der Waals surface area contributed by atoms with Gasteiger partial charge in [-0.3, -0.25) is 10.1 Å². The maximum atomic E-state index is 11.1. The molecule has 98 valence electrons. The first-order valence-corrected chi connectivity index (χ1v) is 5.95. The van der Waals surface area contributed by atoms with Crippen molar-refractivity contribution in [2.45, 2.75) is 33.2 Å². The molecule has 1 saturated carbocycles. The molecule has 0 spiro atoms. The Kier molecular flexibility index (Phi) is 3.06. The van der Waals surface area contributed by atoms with Crippen molar-refractivity contribution in [2.24, 2.45) is 5.41 Å². The van der Waals surface area contributed by atoms with Crippen LogP contribution in [-0.2, 0) is 0 Å². The third-order valence-electron chi connectivity index (χ3n) is 3.17. The average Bonchev–Trinajstić information content (AvgIpc) is 2.86. The summed E-state index contributed by atoms with van der Waals surface area (Å²) in [5.74, 6) is 0.556. The van der Waals surface area contributed by atoms with Crippen molar-refractivity contribution in [2.75, 3.05) is 17.2 Å². The molecule has 0 amide bonds. The lowest BCUT2D eigenvalue weighted by atomic mass is 10.2. The van der Waals surface area contributed by atoms with E-state index in [1.165, 1.54) is 6.33 Å². The molecule has 0 aliphatic heterocycles. The molecule has 1 atom stereocenters. The van der Waals surface area contributed by atoms with E-state index in [9.17, 15) is 10.1 Å². The fourth-order valence-electron chi connectivity index (χ4n) is 1.83. The lowest BCUT2D eigenvalue weighted by molar-refractivity contribution is -0.383. The van der Waals surface area contributed by atoms with E-state index < -0.39 is 4.92 Å². The molecule has 1 aliphatic carbocycles. The van der Waals surface area contributed by atoms with Gasteiger partial charge >= 0.3 is 5.69 Å². The van der Waals surface area contributed by atoms with Crippen LogP contribution in [0.3, 0.4) is 0 Å². The van der Waals surface area contributed by atoms with Crippen molar-refractivity contribution in [3.05, 3.63) is 16.4 Å². The van der Waals surface area contributed by atoms with Gasteiger partial charge in [-0.05, 0) is 18.8 Å². The lowest BCUT2D eigenvalue weighted by Gasteiger charge is -2.10. The summed E-state index contributed by atoms with van der Waals surface area (Å²) in [5, 5.41) is 17.1. The summed E-state index contributed by atoms with van der Waals surface area (Å²) in [7, 11) is 0. The van der Waals surface area contributed by atoms with Crippen LogP contribution in [0.25, 0.3) is 0 Å². The first-order chi connectivity index (χ1) is 8.45. The summed E-state index contributed by atoms with van der Waals surface area (Å²) < 4.78 is 0. The van der Waals surface area contributed by atoms with E-state index in [-0.39, 0.29) is 23.0 Å². The van der Waals surface area contributed by atoms with E-state index in [4.69, 9.17) is 0 Å². The minimum Gasteiger partial charge on any atom is -0.364 e. The molecule has 0 saturated heterocycles. The molecule has 2 N–H and O–H groups in total. The summed E-state index contributed by atoms with van der Waals surface area (Å²) in [6, 6.07) is 0.237. The summed E-state index contributed by atoms with van der Waals surface area (Å²) in [6.07, 6.45) is 2.33. The summed E-state index contributed by atoms with van der Waals surface area (Å²) >= 11 is 0. The fourth-order valence-corrected chi connectivity index (χ4v) is 1.83. The molecule has 1 unspecified atom stereocenters. The zero-order chi connectivity index (χ0) is 13.3. The van der Waals surface area contributed by atoms with Gasteiger partial charge in [-0.25, -0.2) is 9.97 Å². The van der Waals surface area contributed by atoms with Gasteiger partial charge in [0.15, 0.2) is 0 Å². The Morgan fingerprint density at radius 1 is 1.50 bits per heavy atom. The zero-order valence-corrected chi connectivity index (χ0v) is 10.7. The van der Waals surface area contributed by atoms with Crippen molar-refractivity contribution < 1.29 is 4.92 Å². The predicted octanol–water partition coefficient (Wildman–Crippen LogP) is 2.03. The second-order valence-corrected chi connectivity index (χ2v) is 5.10. The van der Waals surface area contributed by atoms with E-state index in [2.05, 4.69) is 34.4 Å². The fraction of sp³-hybridized carbons (Fsp3) is 0.636. The Balaban J connectivity index is 2.28. The number of nitrogens with one attached hydrogen (secondary N) is 2. The van der Waals surface area contributed by atoms with Gasteiger partial charge < -0.3 is 10.6 Å². The highest BCUT2D eigenvalue weighted by molar-refractivity contribution is 5.69. The van der Waals surface area contributed by atoms with Crippen LogP contribution >= 0.6 is 0 Å². The largest absolute Gasteiger partial charge is 0.364 e.